The standard InChI is InChI=1S/C14H13ClN2O3S/c1-8-13(20-10(3)19)17(9(2)18)14(21-8)16-12-6-4-5-11(15)7-12/h4-7H,1-3H3. The molecule has 0 N–H and O–H groups in total. The Bertz CT molecular complexity index is 777. The molecule has 1 aromatic carbocycles. The van der Waals surface area contributed by atoms with E-state index < -0.39 is 5.97 Å². The van der Waals surface area contributed by atoms with E-state index >= 15 is 0 Å². The van der Waals surface area contributed by atoms with Crippen molar-refractivity contribution in [1.82, 2.24) is 4.57 Å². The van der Waals surface area contributed by atoms with E-state index in [9.17, 15) is 9.59 Å². The van der Waals surface area contributed by atoms with Crippen LogP contribution in [0.25, 0.3) is 0 Å². The number of esters is 1. The van der Waals surface area contributed by atoms with Gasteiger partial charge < -0.3 is 4.74 Å². The average molecular weight is 325 g/mol. The maximum atomic E-state index is 11.8. The fraction of sp³-hybridized carbons (Fsp3) is 0.214. The maximum absolute atomic E-state index is 11.8. The summed E-state index contributed by atoms with van der Waals surface area (Å²) in [4.78, 5) is 28.5. The first-order valence-electron chi connectivity index (χ1n) is 6.10. The Labute approximate surface area is 130 Å². The minimum atomic E-state index is -0.486. The summed E-state index contributed by atoms with van der Waals surface area (Å²) in [6.07, 6.45) is 0. The second-order valence-corrected chi connectivity index (χ2v) is 5.90. The van der Waals surface area contributed by atoms with Gasteiger partial charge in [0, 0.05) is 18.9 Å². The lowest BCUT2D eigenvalue weighted by Gasteiger charge is -2.04. The van der Waals surface area contributed by atoms with Crippen molar-refractivity contribution in [1.29, 1.82) is 0 Å². The van der Waals surface area contributed by atoms with Crippen LogP contribution in [0, 0.1) is 6.92 Å². The molecule has 2 rings (SSSR count). The molecular weight excluding hydrogens is 312 g/mol. The maximum Gasteiger partial charge on any atom is 0.309 e. The molecule has 5 nitrogen and oxygen atoms in total. The van der Waals surface area contributed by atoms with Gasteiger partial charge in [0.05, 0.1) is 10.6 Å². The van der Waals surface area contributed by atoms with Crippen LogP contribution in [-0.2, 0) is 4.79 Å². The van der Waals surface area contributed by atoms with Gasteiger partial charge >= 0.3 is 5.97 Å². The number of halogens is 1. The normalized spacial score (nSPS) is 11.5. The summed E-state index contributed by atoms with van der Waals surface area (Å²) in [7, 11) is 0. The highest BCUT2D eigenvalue weighted by molar-refractivity contribution is 7.09. The monoisotopic (exact) mass is 324 g/mol. The summed E-state index contributed by atoms with van der Waals surface area (Å²) in [6.45, 7) is 4.44. The van der Waals surface area contributed by atoms with Crippen LogP contribution in [-0.4, -0.2) is 16.4 Å². The second kappa shape index (κ2) is 6.24. The number of aryl methyl sites for hydroxylation is 1. The van der Waals surface area contributed by atoms with E-state index in [2.05, 4.69) is 4.99 Å². The van der Waals surface area contributed by atoms with Gasteiger partial charge in [0.2, 0.25) is 11.8 Å². The van der Waals surface area contributed by atoms with E-state index in [4.69, 9.17) is 16.3 Å². The summed E-state index contributed by atoms with van der Waals surface area (Å²) in [5.41, 5.74) is 0.619. The molecule has 0 saturated carbocycles. The topological polar surface area (TPSA) is 60.7 Å². The molecule has 0 radical (unpaired) electrons. The minimum Gasteiger partial charge on any atom is -0.408 e. The highest BCUT2D eigenvalue weighted by atomic mass is 35.5. The first-order chi connectivity index (χ1) is 9.88. The number of aromatic nitrogens is 1. The van der Waals surface area contributed by atoms with Gasteiger partial charge in [-0.25, -0.2) is 9.56 Å². The Hall–Kier alpha value is -1.92. The van der Waals surface area contributed by atoms with Crippen molar-refractivity contribution >= 4 is 40.5 Å². The van der Waals surface area contributed by atoms with Crippen LogP contribution < -0.4 is 9.54 Å². The van der Waals surface area contributed by atoms with Crippen LogP contribution in [0.5, 0.6) is 5.88 Å². The lowest BCUT2D eigenvalue weighted by atomic mass is 10.3. The van der Waals surface area contributed by atoms with Crippen molar-refractivity contribution < 1.29 is 14.3 Å². The Morgan fingerprint density at radius 3 is 2.62 bits per heavy atom. The number of ether oxygens (including phenoxy) is 1. The van der Waals surface area contributed by atoms with Crippen molar-refractivity contribution in [3.05, 3.63) is 39.0 Å². The third-order valence-corrected chi connectivity index (χ3v) is 3.70. The van der Waals surface area contributed by atoms with Gasteiger partial charge in [-0.2, -0.15) is 0 Å². The zero-order valence-electron chi connectivity index (χ0n) is 11.7. The van der Waals surface area contributed by atoms with Crippen molar-refractivity contribution in [3.63, 3.8) is 0 Å². The van der Waals surface area contributed by atoms with Gasteiger partial charge in [0.15, 0.2) is 4.80 Å². The SMILES string of the molecule is CC(=O)Oc1c(C)sc(=Nc2cccc(Cl)c2)n1C(C)=O. The summed E-state index contributed by atoms with van der Waals surface area (Å²) >= 11 is 7.19. The number of nitrogens with zero attached hydrogens (tertiary/aromatic N) is 2. The fourth-order valence-corrected chi connectivity index (χ4v) is 2.86. The molecule has 7 heteroatoms. The molecule has 110 valence electrons. The van der Waals surface area contributed by atoms with Crippen molar-refractivity contribution in [2.45, 2.75) is 20.8 Å². The summed E-state index contributed by atoms with van der Waals surface area (Å²) in [6, 6.07) is 6.97. The van der Waals surface area contributed by atoms with E-state index in [1.807, 2.05) is 0 Å². The smallest absolute Gasteiger partial charge is 0.309 e. The lowest BCUT2D eigenvalue weighted by molar-refractivity contribution is -0.132. The summed E-state index contributed by atoms with van der Waals surface area (Å²) in [5, 5.41) is 0.555. The molecule has 1 aromatic heterocycles. The molecule has 0 bridgehead atoms. The molecule has 2 aromatic rings. The molecule has 0 spiro atoms. The highest BCUT2D eigenvalue weighted by Crippen LogP contribution is 2.22. The molecule has 0 amide bonds. The highest BCUT2D eigenvalue weighted by Gasteiger charge is 2.17. The van der Waals surface area contributed by atoms with Crippen LogP contribution in [0.4, 0.5) is 5.69 Å². The Kier molecular flexibility index (Phi) is 4.59. The van der Waals surface area contributed by atoms with E-state index in [1.54, 1.807) is 31.2 Å². The van der Waals surface area contributed by atoms with Crippen molar-refractivity contribution in [2.75, 3.05) is 0 Å². The van der Waals surface area contributed by atoms with E-state index in [0.29, 0.717) is 20.4 Å². The molecule has 0 aliphatic heterocycles. The summed E-state index contributed by atoms with van der Waals surface area (Å²) < 4.78 is 6.39. The third-order valence-electron chi connectivity index (χ3n) is 2.53. The number of rotatable bonds is 2. The van der Waals surface area contributed by atoms with E-state index in [1.165, 1.54) is 29.8 Å². The Morgan fingerprint density at radius 1 is 1.33 bits per heavy atom. The fourth-order valence-electron chi connectivity index (χ4n) is 1.73. The van der Waals surface area contributed by atoms with Crippen LogP contribution in [0.1, 0.15) is 23.5 Å². The minimum absolute atomic E-state index is 0.209. The molecule has 21 heavy (non-hydrogen) atoms. The molecule has 0 fully saturated rings. The van der Waals surface area contributed by atoms with Gasteiger partial charge in [-0.3, -0.25) is 9.59 Å². The molecule has 0 aliphatic carbocycles. The van der Waals surface area contributed by atoms with Crippen LogP contribution >= 0.6 is 22.9 Å². The zero-order valence-corrected chi connectivity index (χ0v) is 13.3. The number of hydrogen-bond donors (Lipinski definition) is 0. The van der Waals surface area contributed by atoms with E-state index in [0.717, 1.165) is 0 Å². The first kappa shape index (κ1) is 15.5. The third kappa shape index (κ3) is 3.59. The summed E-state index contributed by atoms with van der Waals surface area (Å²) in [5.74, 6) is -0.558. The second-order valence-electron chi connectivity index (χ2n) is 4.29. The quantitative estimate of drug-likeness (QED) is 0.796. The van der Waals surface area contributed by atoms with Gasteiger partial charge in [0.1, 0.15) is 0 Å². The first-order valence-corrected chi connectivity index (χ1v) is 7.30. The predicted octanol–water partition coefficient (Wildman–Crippen LogP) is 3.33. The van der Waals surface area contributed by atoms with Gasteiger partial charge in [-0.1, -0.05) is 29.0 Å². The van der Waals surface area contributed by atoms with E-state index in [-0.39, 0.29) is 11.8 Å². The van der Waals surface area contributed by atoms with Gasteiger partial charge in [0.25, 0.3) is 0 Å². The number of benzene rings is 1. The molecule has 0 atom stereocenters. The molecule has 0 saturated heterocycles. The number of thiazole rings is 1. The predicted molar refractivity (Wildman–Crippen MR) is 81.3 cm³/mol. The number of hydrogen-bond acceptors (Lipinski definition) is 5. The van der Waals surface area contributed by atoms with Crippen LogP contribution in [0.15, 0.2) is 29.3 Å². The Morgan fingerprint density at radius 2 is 2.05 bits per heavy atom. The van der Waals surface area contributed by atoms with Gasteiger partial charge in [-0.15, -0.1) is 0 Å². The molecule has 0 aliphatic rings. The largest absolute Gasteiger partial charge is 0.408 e. The molecule has 1 heterocycles. The van der Waals surface area contributed by atoms with Gasteiger partial charge in [-0.05, 0) is 25.1 Å². The number of carbonyl (C=O) groups excluding carboxylic acids is 2. The lowest BCUT2D eigenvalue weighted by Crippen LogP contribution is -2.22. The van der Waals surface area contributed by atoms with Crippen molar-refractivity contribution in [2.24, 2.45) is 4.99 Å². The average Bonchev–Trinajstić information content (AvgIpc) is 2.65. The zero-order chi connectivity index (χ0) is 15.6. The Balaban J connectivity index is 2.64. The van der Waals surface area contributed by atoms with Crippen LogP contribution in [0.3, 0.4) is 0 Å². The van der Waals surface area contributed by atoms with Crippen LogP contribution in [0.2, 0.25) is 5.02 Å². The molecular formula is C14H13ClN2O3S. The molecule has 0 unspecified atom stereocenters. The number of carbonyl (C=O) groups is 2. The van der Waals surface area contributed by atoms with Crippen molar-refractivity contribution in [3.8, 4) is 5.88 Å².